The van der Waals surface area contributed by atoms with Crippen LogP contribution < -0.4 is 10.6 Å². The molecule has 0 aliphatic heterocycles. The molecule has 8 nitrogen and oxygen atoms in total. The van der Waals surface area contributed by atoms with Crippen LogP contribution in [0.15, 0.2) is 83.3 Å². The highest BCUT2D eigenvalue weighted by Gasteiger charge is 2.20. The van der Waals surface area contributed by atoms with Crippen molar-refractivity contribution in [3.05, 3.63) is 84.7 Å². The number of aromatic nitrogens is 1. The molecule has 0 aliphatic carbocycles. The van der Waals surface area contributed by atoms with Crippen LogP contribution in [0.25, 0.3) is 16.2 Å². The number of thiophene rings is 1. The van der Waals surface area contributed by atoms with E-state index in [9.17, 15) is 18.0 Å². The molecule has 0 spiro atoms. The number of carbonyl (C=O) groups excluding carboxylic acids is 2. The number of hydrogen-bond acceptors (Lipinski definition) is 6. The molecule has 2 aromatic carbocycles. The number of carbonyl (C=O) groups is 2. The van der Waals surface area contributed by atoms with Gasteiger partial charge in [0.1, 0.15) is 9.81 Å². The fourth-order valence-electron chi connectivity index (χ4n) is 3.29. The quantitative estimate of drug-likeness (QED) is 0.304. The molecule has 0 atom stereocenters. The maximum atomic E-state index is 13.0. The van der Waals surface area contributed by atoms with Crippen molar-refractivity contribution in [2.24, 2.45) is 0 Å². The number of nitrogens with zero attached hydrogens (tertiary/aromatic N) is 1. The number of rotatable bonds is 6. The third kappa shape index (κ3) is 6.02. The number of para-hydroxylation sites is 2. The summed E-state index contributed by atoms with van der Waals surface area (Å²) in [5.74, 6) is -0.450. The zero-order chi connectivity index (χ0) is 25.9. The summed E-state index contributed by atoms with van der Waals surface area (Å²) in [5.41, 5.74) is 0.651. The van der Waals surface area contributed by atoms with Gasteiger partial charge in [-0.05, 0) is 68.1 Å². The van der Waals surface area contributed by atoms with Crippen molar-refractivity contribution in [2.45, 2.75) is 30.6 Å². The molecule has 2 aromatic heterocycles. The van der Waals surface area contributed by atoms with Gasteiger partial charge < -0.3 is 10.1 Å². The Hall–Kier alpha value is -3.89. The zero-order valence-electron chi connectivity index (χ0n) is 19.9. The van der Waals surface area contributed by atoms with Crippen LogP contribution in [0.5, 0.6) is 0 Å². The van der Waals surface area contributed by atoms with E-state index in [-0.39, 0.29) is 4.21 Å². The summed E-state index contributed by atoms with van der Waals surface area (Å²) in [6, 6.07) is 17.5. The number of ether oxygens (including phenoxy) is 1. The van der Waals surface area contributed by atoms with Gasteiger partial charge in [-0.15, -0.1) is 11.3 Å². The van der Waals surface area contributed by atoms with Crippen LogP contribution in [0.1, 0.15) is 26.3 Å². The highest BCUT2D eigenvalue weighted by molar-refractivity contribution is 7.92. The number of anilines is 2. The number of fused-ring (bicyclic) bond motifs is 1. The fraction of sp³-hybridized carbons (Fsp3) is 0.154. The molecule has 0 saturated heterocycles. The molecule has 0 unspecified atom stereocenters. The first kappa shape index (κ1) is 25.2. The maximum absolute atomic E-state index is 13.0. The summed E-state index contributed by atoms with van der Waals surface area (Å²) in [5, 5.41) is 6.20. The Balaban J connectivity index is 1.44. The first-order chi connectivity index (χ1) is 17.0. The standard InChI is InChI=1S/C26H25N3O5S2/c1-26(2,3)34-25(31)28-21-10-6-5-9-20(21)27-23(30)13-12-18-14-15-29(17-18)36(32,33)24-16-19-8-4-7-11-22(19)35-24/h4-17H,1-3H3,(H,27,30)(H,28,31). The molecule has 2 heterocycles. The van der Waals surface area contributed by atoms with Crippen LogP contribution in [0, 0.1) is 0 Å². The second-order valence-electron chi connectivity index (χ2n) is 8.88. The minimum Gasteiger partial charge on any atom is -0.444 e. The van der Waals surface area contributed by atoms with Crippen molar-refractivity contribution < 1.29 is 22.7 Å². The first-order valence-electron chi connectivity index (χ1n) is 11.0. The van der Waals surface area contributed by atoms with E-state index in [0.29, 0.717) is 16.9 Å². The average Bonchev–Trinajstić information content (AvgIpc) is 3.46. The summed E-state index contributed by atoms with van der Waals surface area (Å²) in [7, 11) is -3.75. The van der Waals surface area contributed by atoms with Gasteiger partial charge in [0.05, 0.1) is 11.4 Å². The molecule has 0 aliphatic rings. The lowest BCUT2D eigenvalue weighted by atomic mass is 10.2. The smallest absolute Gasteiger partial charge is 0.412 e. The minimum absolute atomic E-state index is 0.238. The Morgan fingerprint density at radius 2 is 1.64 bits per heavy atom. The molecule has 36 heavy (non-hydrogen) atoms. The Labute approximate surface area is 213 Å². The van der Waals surface area contributed by atoms with Gasteiger partial charge in [-0.25, -0.2) is 8.77 Å². The van der Waals surface area contributed by atoms with Crippen molar-refractivity contribution in [1.82, 2.24) is 3.97 Å². The molecule has 2 amide bonds. The van der Waals surface area contributed by atoms with Gasteiger partial charge in [-0.3, -0.25) is 10.1 Å². The van der Waals surface area contributed by atoms with E-state index in [2.05, 4.69) is 10.6 Å². The second kappa shape index (κ2) is 10.00. The summed E-state index contributed by atoms with van der Waals surface area (Å²) in [6.07, 6.45) is 5.05. The normalized spacial score (nSPS) is 12.1. The minimum atomic E-state index is -3.75. The van der Waals surface area contributed by atoms with Gasteiger partial charge >= 0.3 is 6.09 Å². The second-order valence-corrected chi connectivity index (χ2v) is 12.0. The SMILES string of the molecule is CC(C)(C)OC(=O)Nc1ccccc1NC(=O)C=Cc1ccn(S(=O)(=O)c2cc3ccccc3s2)c1. The summed E-state index contributed by atoms with van der Waals surface area (Å²) in [4.78, 5) is 24.6. The van der Waals surface area contributed by atoms with Crippen LogP contribution in [0.4, 0.5) is 16.2 Å². The lowest BCUT2D eigenvalue weighted by molar-refractivity contribution is -0.111. The molecule has 10 heteroatoms. The lowest BCUT2D eigenvalue weighted by Gasteiger charge is -2.20. The van der Waals surface area contributed by atoms with E-state index < -0.39 is 27.6 Å². The van der Waals surface area contributed by atoms with Gasteiger partial charge in [0.15, 0.2) is 0 Å². The predicted octanol–water partition coefficient (Wildman–Crippen LogP) is 5.94. The van der Waals surface area contributed by atoms with Crippen molar-refractivity contribution in [3.63, 3.8) is 0 Å². The molecule has 0 bridgehead atoms. The van der Waals surface area contributed by atoms with E-state index in [0.717, 1.165) is 14.1 Å². The fourth-order valence-corrected chi connectivity index (χ4v) is 6.00. The monoisotopic (exact) mass is 523 g/mol. The number of nitrogens with one attached hydrogen (secondary N) is 2. The Morgan fingerprint density at radius 1 is 0.972 bits per heavy atom. The number of benzene rings is 2. The molecule has 2 N–H and O–H groups in total. The molecular weight excluding hydrogens is 498 g/mol. The summed E-state index contributed by atoms with van der Waals surface area (Å²) >= 11 is 1.21. The van der Waals surface area contributed by atoms with Gasteiger partial charge in [-0.1, -0.05) is 30.3 Å². The van der Waals surface area contributed by atoms with Crippen molar-refractivity contribution in [1.29, 1.82) is 0 Å². The third-order valence-corrected chi connectivity index (χ3v) is 8.07. The predicted molar refractivity (Wildman–Crippen MR) is 143 cm³/mol. The van der Waals surface area contributed by atoms with E-state index in [1.165, 1.54) is 35.9 Å². The Morgan fingerprint density at radius 3 is 2.33 bits per heavy atom. The molecular formula is C26H25N3O5S2. The van der Waals surface area contributed by atoms with Crippen molar-refractivity contribution in [2.75, 3.05) is 10.6 Å². The number of amides is 2. The highest BCUT2D eigenvalue weighted by Crippen LogP contribution is 2.30. The summed E-state index contributed by atoms with van der Waals surface area (Å²) in [6.45, 7) is 5.27. The van der Waals surface area contributed by atoms with E-state index in [1.54, 1.807) is 57.2 Å². The molecule has 4 rings (SSSR count). The van der Waals surface area contributed by atoms with E-state index in [4.69, 9.17) is 4.74 Å². The molecule has 0 fully saturated rings. The highest BCUT2D eigenvalue weighted by atomic mass is 32.2. The molecule has 0 radical (unpaired) electrons. The van der Waals surface area contributed by atoms with E-state index in [1.807, 2.05) is 24.3 Å². The summed E-state index contributed by atoms with van der Waals surface area (Å²) < 4.78 is 33.6. The van der Waals surface area contributed by atoms with Crippen molar-refractivity contribution in [3.8, 4) is 0 Å². The largest absolute Gasteiger partial charge is 0.444 e. The molecule has 186 valence electrons. The number of hydrogen-bond donors (Lipinski definition) is 2. The lowest BCUT2D eigenvalue weighted by Crippen LogP contribution is -2.27. The van der Waals surface area contributed by atoms with E-state index >= 15 is 0 Å². The van der Waals surface area contributed by atoms with Gasteiger partial charge in [-0.2, -0.15) is 8.42 Å². The van der Waals surface area contributed by atoms with Crippen LogP contribution in [-0.4, -0.2) is 30.0 Å². The first-order valence-corrected chi connectivity index (χ1v) is 13.3. The van der Waals surface area contributed by atoms with Gasteiger partial charge in [0.2, 0.25) is 5.91 Å². The molecule has 0 saturated carbocycles. The van der Waals surface area contributed by atoms with Crippen LogP contribution in [0.2, 0.25) is 0 Å². The van der Waals surface area contributed by atoms with Crippen LogP contribution >= 0.6 is 11.3 Å². The van der Waals surface area contributed by atoms with Gasteiger partial charge in [0, 0.05) is 23.2 Å². The topological polar surface area (TPSA) is 106 Å². The van der Waals surface area contributed by atoms with Crippen LogP contribution in [-0.2, 0) is 19.6 Å². The zero-order valence-corrected chi connectivity index (χ0v) is 21.5. The maximum Gasteiger partial charge on any atom is 0.412 e. The van der Waals surface area contributed by atoms with Crippen LogP contribution in [0.3, 0.4) is 0 Å². The average molecular weight is 524 g/mol. The Kier molecular flexibility index (Phi) is 7.00. The van der Waals surface area contributed by atoms with Gasteiger partial charge in [0.25, 0.3) is 10.0 Å². The third-order valence-electron chi connectivity index (χ3n) is 4.87. The van der Waals surface area contributed by atoms with Crippen molar-refractivity contribution >= 4 is 60.9 Å². The Bertz CT molecular complexity index is 1530. The molecule has 4 aromatic rings.